The second-order valence-corrected chi connectivity index (χ2v) is 7.15. The number of hydrogen-bond acceptors (Lipinski definition) is 4. The number of likely N-dealkylation sites (N-methyl/N-ethyl adjacent to an activating group) is 1. The number of benzene rings is 1. The molecule has 0 aliphatic carbocycles. The van der Waals surface area contributed by atoms with Crippen molar-refractivity contribution in [2.45, 2.75) is 40.3 Å². The van der Waals surface area contributed by atoms with Gasteiger partial charge in [0, 0.05) is 59.0 Å². The van der Waals surface area contributed by atoms with Crippen molar-refractivity contribution < 1.29 is 4.74 Å². The van der Waals surface area contributed by atoms with E-state index in [1.165, 1.54) is 24.2 Å². The summed E-state index contributed by atoms with van der Waals surface area (Å²) in [5, 5.41) is 6.74. The Morgan fingerprint density at radius 3 is 2.34 bits per heavy atom. The van der Waals surface area contributed by atoms with Crippen molar-refractivity contribution in [2.24, 2.45) is 4.99 Å². The van der Waals surface area contributed by atoms with E-state index in [0.29, 0.717) is 6.54 Å². The number of ether oxygens (including phenoxy) is 1. The van der Waals surface area contributed by atoms with Crippen LogP contribution in [0.5, 0.6) is 0 Å². The second-order valence-electron chi connectivity index (χ2n) is 7.15. The van der Waals surface area contributed by atoms with E-state index in [9.17, 15) is 0 Å². The lowest BCUT2D eigenvalue weighted by molar-refractivity contribution is 0.131. The predicted molar refractivity (Wildman–Crippen MR) is 133 cm³/mol. The van der Waals surface area contributed by atoms with Crippen molar-refractivity contribution in [1.82, 2.24) is 20.4 Å². The van der Waals surface area contributed by atoms with Gasteiger partial charge in [-0.3, -0.25) is 4.90 Å². The van der Waals surface area contributed by atoms with Crippen molar-refractivity contribution in [1.29, 1.82) is 0 Å². The van der Waals surface area contributed by atoms with Gasteiger partial charge < -0.3 is 20.3 Å². The number of nitrogens with zero attached hydrogens (tertiary/aromatic N) is 3. The fraction of sp³-hybridized carbons (Fsp3) is 0.682. The molecule has 0 saturated carbocycles. The maximum atomic E-state index is 5.40. The van der Waals surface area contributed by atoms with Crippen molar-refractivity contribution in [3.8, 4) is 0 Å². The molecule has 1 aromatic carbocycles. The molecule has 1 fully saturated rings. The first-order valence-corrected chi connectivity index (χ1v) is 10.9. The third kappa shape index (κ3) is 10.1. The maximum absolute atomic E-state index is 5.40. The summed E-state index contributed by atoms with van der Waals surface area (Å²) in [4.78, 5) is 9.89. The van der Waals surface area contributed by atoms with Crippen LogP contribution < -0.4 is 10.6 Å². The zero-order valence-electron chi connectivity index (χ0n) is 18.5. The highest BCUT2D eigenvalue weighted by molar-refractivity contribution is 14.0. The predicted octanol–water partition coefficient (Wildman–Crippen LogP) is 2.92. The van der Waals surface area contributed by atoms with E-state index >= 15 is 0 Å². The van der Waals surface area contributed by atoms with Crippen LogP contribution in [0.25, 0.3) is 0 Å². The number of guanidine groups is 1. The molecule has 0 amide bonds. The minimum atomic E-state index is 0. The normalized spacial score (nSPS) is 15.8. The van der Waals surface area contributed by atoms with Crippen LogP contribution in [0, 0.1) is 0 Å². The molecule has 1 aliphatic heterocycles. The zero-order chi connectivity index (χ0) is 20.0. The molecule has 7 heteroatoms. The quantitative estimate of drug-likeness (QED) is 0.205. The van der Waals surface area contributed by atoms with Gasteiger partial charge in [0.25, 0.3) is 0 Å². The number of rotatable bonds is 11. The van der Waals surface area contributed by atoms with Crippen molar-refractivity contribution in [3.63, 3.8) is 0 Å². The minimum absolute atomic E-state index is 0. The van der Waals surface area contributed by atoms with E-state index in [1.807, 2.05) is 6.92 Å². The van der Waals surface area contributed by atoms with Crippen molar-refractivity contribution in [2.75, 3.05) is 59.0 Å². The average Bonchev–Trinajstić information content (AvgIpc) is 2.73. The standard InChI is InChI=1S/C22H39N5O.HI/c1-4-23-22(24-12-9-17-28-6-3)25-18-20-10-7-8-11-21(20)19-27-15-13-26(5-2)14-16-27;/h7-8,10-11H,4-6,9,12-19H2,1-3H3,(H2,23,24,25);1H. The molecule has 1 heterocycles. The monoisotopic (exact) mass is 517 g/mol. The first-order chi connectivity index (χ1) is 13.8. The van der Waals surface area contributed by atoms with E-state index in [0.717, 1.165) is 64.9 Å². The molecular weight excluding hydrogens is 477 g/mol. The Hall–Kier alpha value is -0.900. The van der Waals surface area contributed by atoms with Gasteiger partial charge in [-0.2, -0.15) is 0 Å². The van der Waals surface area contributed by atoms with E-state index in [2.05, 4.69) is 58.5 Å². The van der Waals surface area contributed by atoms with Crippen LogP contribution in [0.2, 0.25) is 0 Å². The summed E-state index contributed by atoms with van der Waals surface area (Å²) in [6.07, 6.45) is 0.985. The molecule has 0 atom stereocenters. The van der Waals surface area contributed by atoms with Gasteiger partial charge in [0.15, 0.2) is 5.96 Å². The molecular formula is C22H40IN5O. The van der Waals surface area contributed by atoms with Gasteiger partial charge in [-0.25, -0.2) is 4.99 Å². The molecule has 166 valence electrons. The van der Waals surface area contributed by atoms with Crippen molar-refractivity contribution in [3.05, 3.63) is 35.4 Å². The molecule has 2 N–H and O–H groups in total. The van der Waals surface area contributed by atoms with Gasteiger partial charge in [0.2, 0.25) is 0 Å². The summed E-state index contributed by atoms with van der Waals surface area (Å²) in [7, 11) is 0. The molecule has 1 saturated heterocycles. The maximum Gasteiger partial charge on any atom is 0.191 e. The van der Waals surface area contributed by atoms with Gasteiger partial charge in [-0.1, -0.05) is 31.2 Å². The third-order valence-corrected chi connectivity index (χ3v) is 5.14. The molecule has 1 aliphatic rings. The topological polar surface area (TPSA) is 52.1 Å². The fourth-order valence-corrected chi connectivity index (χ4v) is 3.40. The highest BCUT2D eigenvalue weighted by atomic mass is 127. The smallest absolute Gasteiger partial charge is 0.191 e. The van der Waals surface area contributed by atoms with Crippen LogP contribution >= 0.6 is 24.0 Å². The Morgan fingerprint density at radius 1 is 1.00 bits per heavy atom. The molecule has 0 aromatic heterocycles. The molecule has 6 nitrogen and oxygen atoms in total. The second kappa shape index (κ2) is 15.9. The van der Waals surface area contributed by atoms with Gasteiger partial charge >= 0.3 is 0 Å². The number of nitrogens with one attached hydrogen (secondary N) is 2. The fourth-order valence-electron chi connectivity index (χ4n) is 3.40. The van der Waals surface area contributed by atoms with Crippen molar-refractivity contribution >= 4 is 29.9 Å². The Bertz CT molecular complexity index is 576. The molecule has 0 radical (unpaired) electrons. The lowest BCUT2D eigenvalue weighted by Crippen LogP contribution is -2.45. The van der Waals surface area contributed by atoms with E-state index in [-0.39, 0.29) is 24.0 Å². The summed E-state index contributed by atoms with van der Waals surface area (Å²) >= 11 is 0. The summed E-state index contributed by atoms with van der Waals surface area (Å²) in [5.74, 6) is 0.880. The molecule has 2 rings (SSSR count). The van der Waals surface area contributed by atoms with Gasteiger partial charge in [-0.05, 0) is 37.9 Å². The van der Waals surface area contributed by atoms with E-state index in [1.54, 1.807) is 0 Å². The molecule has 29 heavy (non-hydrogen) atoms. The third-order valence-electron chi connectivity index (χ3n) is 5.14. The number of aliphatic imine (C=N–C) groups is 1. The average molecular weight is 518 g/mol. The Kier molecular flexibility index (Phi) is 14.3. The van der Waals surface area contributed by atoms with Crippen LogP contribution in [0.3, 0.4) is 0 Å². The number of hydrogen-bond donors (Lipinski definition) is 2. The Labute approximate surface area is 194 Å². The minimum Gasteiger partial charge on any atom is -0.382 e. The van der Waals surface area contributed by atoms with Crippen LogP contribution in [-0.4, -0.2) is 74.8 Å². The Morgan fingerprint density at radius 2 is 1.69 bits per heavy atom. The Balaban J connectivity index is 0.00000420. The van der Waals surface area contributed by atoms with Crippen LogP contribution in [-0.2, 0) is 17.8 Å². The van der Waals surface area contributed by atoms with Crippen LogP contribution in [0.1, 0.15) is 38.3 Å². The number of piperazine rings is 1. The summed E-state index contributed by atoms with van der Waals surface area (Å²) in [5.41, 5.74) is 2.70. The largest absolute Gasteiger partial charge is 0.382 e. The summed E-state index contributed by atoms with van der Waals surface area (Å²) < 4.78 is 5.40. The highest BCUT2D eigenvalue weighted by Gasteiger charge is 2.16. The van der Waals surface area contributed by atoms with E-state index < -0.39 is 0 Å². The molecule has 0 bridgehead atoms. The molecule has 1 aromatic rings. The lowest BCUT2D eigenvalue weighted by Gasteiger charge is -2.34. The van der Waals surface area contributed by atoms with Crippen LogP contribution in [0.15, 0.2) is 29.3 Å². The number of halogens is 1. The van der Waals surface area contributed by atoms with Gasteiger partial charge in [0.05, 0.1) is 6.54 Å². The molecule has 0 unspecified atom stereocenters. The first kappa shape index (κ1) is 26.1. The highest BCUT2D eigenvalue weighted by Crippen LogP contribution is 2.14. The SMILES string of the molecule is CCNC(=NCc1ccccc1CN1CCN(CC)CC1)NCCCOCC.I. The molecule has 0 spiro atoms. The van der Waals surface area contributed by atoms with Gasteiger partial charge in [-0.15, -0.1) is 24.0 Å². The first-order valence-electron chi connectivity index (χ1n) is 10.9. The van der Waals surface area contributed by atoms with Crippen LogP contribution in [0.4, 0.5) is 0 Å². The van der Waals surface area contributed by atoms with E-state index in [4.69, 9.17) is 9.73 Å². The van der Waals surface area contributed by atoms with Gasteiger partial charge in [0.1, 0.15) is 0 Å². The zero-order valence-corrected chi connectivity index (χ0v) is 20.8. The summed E-state index contributed by atoms with van der Waals surface area (Å²) in [6, 6.07) is 8.72. The lowest BCUT2D eigenvalue weighted by atomic mass is 10.1. The summed E-state index contributed by atoms with van der Waals surface area (Å²) in [6.45, 7) is 17.2.